The van der Waals surface area contributed by atoms with Crippen molar-refractivity contribution in [2.45, 2.75) is 0 Å². The van der Waals surface area contributed by atoms with Crippen LogP contribution >= 0.6 is 15.9 Å². The third kappa shape index (κ3) is 4.07. The van der Waals surface area contributed by atoms with Crippen LogP contribution in [0.15, 0.2) is 53.1 Å². The van der Waals surface area contributed by atoms with Crippen molar-refractivity contribution in [3.8, 4) is 11.6 Å². The highest BCUT2D eigenvalue weighted by Gasteiger charge is 1.96. The van der Waals surface area contributed by atoms with E-state index < -0.39 is 0 Å². The van der Waals surface area contributed by atoms with E-state index in [0.29, 0.717) is 19.1 Å². The average molecular weight is 294 g/mol. The molecule has 0 amide bonds. The van der Waals surface area contributed by atoms with Gasteiger partial charge in [0, 0.05) is 16.7 Å². The molecule has 0 aliphatic carbocycles. The monoisotopic (exact) mass is 293 g/mol. The first-order valence-corrected chi connectivity index (χ1v) is 6.06. The molecule has 1 aromatic heterocycles. The third-order valence-electron chi connectivity index (χ3n) is 2.05. The van der Waals surface area contributed by atoms with E-state index in [1.807, 2.05) is 42.5 Å². The Hall–Kier alpha value is -1.55. The summed E-state index contributed by atoms with van der Waals surface area (Å²) in [5.41, 5.74) is 0. The Bertz CT molecular complexity index is 445. The van der Waals surface area contributed by atoms with Crippen LogP contribution in [0.4, 0.5) is 0 Å². The lowest BCUT2D eigenvalue weighted by molar-refractivity contribution is 0.212. The fraction of sp³-hybridized carbons (Fsp3) is 0.154. The molecule has 2 aromatic rings. The molecular weight excluding hydrogens is 282 g/mol. The van der Waals surface area contributed by atoms with Gasteiger partial charge in [-0.1, -0.05) is 18.2 Å². The average Bonchev–Trinajstić information content (AvgIpc) is 2.38. The first kappa shape index (κ1) is 11.9. The molecule has 0 aliphatic heterocycles. The zero-order valence-electron chi connectivity index (χ0n) is 9.17. The van der Waals surface area contributed by atoms with E-state index in [1.54, 1.807) is 6.20 Å². The Morgan fingerprint density at radius 1 is 0.941 bits per heavy atom. The van der Waals surface area contributed by atoms with E-state index in [0.717, 1.165) is 10.2 Å². The van der Waals surface area contributed by atoms with Gasteiger partial charge in [0.2, 0.25) is 5.88 Å². The number of rotatable bonds is 5. The van der Waals surface area contributed by atoms with E-state index in [1.165, 1.54) is 0 Å². The van der Waals surface area contributed by atoms with Gasteiger partial charge in [-0.3, -0.25) is 0 Å². The Balaban J connectivity index is 1.71. The molecule has 0 spiro atoms. The van der Waals surface area contributed by atoms with Crippen LogP contribution in [0.5, 0.6) is 11.6 Å². The van der Waals surface area contributed by atoms with Crippen LogP contribution in [0, 0.1) is 0 Å². The van der Waals surface area contributed by atoms with Crippen LogP contribution in [0.3, 0.4) is 0 Å². The van der Waals surface area contributed by atoms with Crippen LogP contribution in [0.2, 0.25) is 0 Å². The highest BCUT2D eigenvalue weighted by Crippen LogP contribution is 2.12. The molecule has 88 valence electrons. The highest BCUT2D eigenvalue weighted by atomic mass is 79.9. The van der Waals surface area contributed by atoms with E-state index in [4.69, 9.17) is 9.47 Å². The number of pyridine rings is 1. The van der Waals surface area contributed by atoms with Crippen molar-refractivity contribution in [2.75, 3.05) is 13.2 Å². The van der Waals surface area contributed by atoms with Gasteiger partial charge in [-0.05, 0) is 34.1 Å². The van der Waals surface area contributed by atoms with Crippen molar-refractivity contribution < 1.29 is 9.47 Å². The molecule has 0 fully saturated rings. The van der Waals surface area contributed by atoms with Crippen LogP contribution in [0.25, 0.3) is 0 Å². The summed E-state index contributed by atoms with van der Waals surface area (Å²) >= 11 is 3.32. The van der Waals surface area contributed by atoms with Crippen LogP contribution in [-0.2, 0) is 0 Å². The van der Waals surface area contributed by atoms with Gasteiger partial charge in [-0.15, -0.1) is 0 Å². The molecule has 2 rings (SSSR count). The molecule has 0 aliphatic rings. The first-order chi connectivity index (χ1) is 8.34. The van der Waals surface area contributed by atoms with E-state index >= 15 is 0 Å². The normalized spacial score (nSPS) is 9.94. The predicted octanol–water partition coefficient (Wildman–Crippen LogP) is 3.30. The van der Waals surface area contributed by atoms with Gasteiger partial charge in [-0.25, -0.2) is 4.98 Å². The minimum atomic E-state index is 0.476. The topological polar surface area (TPSA) is 31.4 Å². The standard InChI is InChI=1S/C13H12BrNO2/c14-11-6-7-13(15-10-11)17-9-8-16-12-4-2-1-3-5-12/h1-7,10H,8-9H2. The molecule has 0 saturated heterocycles. The quantitative estimate of drug-likeness (QED) is 0.793. The van der Waals surface area contributed by atoms with Crippen molar-refractivity contribution in [3.63, 3.8) is 0 Å². The molecule has 1 aromatic carbocycles. The van der Waals surface area contributed by atoms with Gasteiger partial charge < -0.3 is 9.47 Å². The first-order valence-electron chi connectivity index (χ1n) is 5.27. The number of nitrogens with zero attached hydrogens (tertiary/aromatic N) is 1. The lowest BCUT2D eigenvalue weighted by Gasteiger charge is -2.07. The van der Waals surface area contributed by atoms with Gasteiger partial charge in [-0.2, -0.15) is 0 Å². The third-order valence-corrected chi connectivity index (χ3v) is 2.51. The molecule has 17 heavy (non-hydrogen) atoms. The second-order valence-corrected chi connectivity index (χ2v) is 4.24. The summed E-state index contributed by atoms with van der Waals surface area (Å²) in [5.74, 6) is 1.45. The largest absolute Gasteiger partial charge is 0.490 e. The smallest absolute Gasteiger partial charge is 0.213 e. The molecule has 0 bridgehead atoms. The van der Waals surface area contributed by atoms with Crippen molar-refractivity contribution in [3.05, 3.63) is 53.1 Å². The highest BCUT2D eigenvalue weighted by molar-refractivity contribution is 9.10. The van der Waals surface area contributed by atoms with Gasteiger partial charge >= 0.3 is 0 Å². The molecule has 0 radical (unpaired) electrons. The van der Waals surface area contributed by atoms with Crippen LogP contribution in [0.1, 0.15) is 0 Å². The minimum Gasteiger partial charge on any atom is -0.490 e. The maximum atomic E-state index is 5.49. The van der Waals surface area contributed by atoms with Crippen molar-refractivity contribution in [1.82, 2.24) is 4.98 Å². The zero-order chi connectivity index (χ0) is 11.9. The molecule has 0 unspecified atom stereocenters. The van der Waals surface area contributed by atoms with E-state index in [-0.39, 0.29) is 0 Å². The Morgan fingerprint density at radius 3 is 2.41 bits per heavy atom. The number of para-hydroxylation sites is 1. The molecular formula is C13H12BrNO2. The molecule has 1 heterocycles. The second-order valence-electron chi connectivity index (χ2n) is 3.32. The number of benzene rings is 1. The maximum Gasteiger partial charge on any atom is 0.213 e. The van der Waals surface area contributed by atoms with Gasteiger partial charge in [0.25, 0.3) is 0 Å². The van der Waals surface area contributed by atoms with Gasteiger partial charge in [0.1, 0.15) is 19.0 Å². The minimum absolute atomic E-state index is 0.476. The Labute approximate surface area is 109 Å². The number of hydrogen-bond donors (Lipinski definition) is 0. The zero-order valence-corrected chi connectivity index (χ0v) is 10.8. The SMILES string of the molecule is Brc1ccc(OCCOc2ccccc2)nc1. The van der Waals surface area contributed by atoms with Crippen molar-refractivity contribution in [1.29, 1.82) is 0 Å². The van der Waals surface area contributed by atoms with Gasteiger partial charge in [0.05, 0.1) is 0 Å². The fourth-order valence-corrected chi connectivity index (χ4v) is 1.50. The van der Waals surface area contributed by atoms with E-state index in [9.17, 15) is 0 Å². The molecule has 0 saturated carbocycles. The molecule has 0 atom stereocenters. The number of halogens is 1. The maximum absolute atomic E-state index is 5.49. The lowest BCUT2D eigenvalue weighted by Crippen LogP contribution is -2.09. The second kappa shape index (κ2) is 6.25. The summed E-state index contributed by atoms with van der Waals surface area (Å²) in [5, 5.41) is 0. The molecule has 4 heteroatoms. The van der Waals surface area contributed by atoms with Crippen molar-refractivity contribution in [2.24, 2.45) is 0 Å². The Morgan fingerprint density at radius 2 is 1.71 bits per heavy atom. The van der Waals surface area contributed by atoms with E-state index in [2.05, 4.69) is 20.9 Å². The van der Waals surface area contributed by atoms with Crippen molar-refractivity contribution >= 4 is 15.9 Å². The summed E-state index contributed by atoms with van der Waals surface area (Å²) in [7, 11) is 0. The lowest BCUT2D eigenvalue weighted by atomic mass is 10.3. The van der Waals surface area contributed by atoms with Crippen LogP contribution < -0.4 is 9.47 Å². The summed E-state index contributed by atoms with van der Waals surface area (Å²) in [4.78, 5) is 4.10. The molecule has 0 N–H and O–H groups in total. The summed E-state index contributed by atoms with van der Waals surface area (Å²) in [6.07, 6.45) is 1.70. The predicted molar refractivity (Wildman–Crippen MR) is 69.4 cm³/mol. The number of hydrogen-bond acceptors (Lipinski definition) is 3. The summed E-state index contributed by atoms with van der Waals surface area (Å²) < 4.78 is 11.9. The summed E-state index contributed by atoms with van der Waals surface area (Å²) in [6.45, 7) is 0.977. The molecule has 3 nitrogen and oxygen atoms in total. The fourth-order valence-electron chi connectivity index (χ4n) is 1.27. The number of ether oxygens (including phenoxy) is 2. The number of aromatic nitrogens is 1. The van der Waals surface area contributed by atoms with Gasteiger partial charge in [0.15, 0.2) is 0 Å². The summed E-state index contributed by atoms with van der Waals surface area (Å²) in [6, 6.07) is 13.4. The Kier molecular flexibility index (Phi) is 4.38. The van der Waals surface area contributed by atoms with Crippen LogP contribution in [-0.4, -0.2) is 18.2 Å².